The van der Waals surface area contributed by atoms with Crippen LogP contribution in [-0.2, 0) is 19.1 Å². The number of hydrogen-bond acceptors (Lipinski definition) is 6. The number of benzene rings is 2. The summed E-state index contributed by atoms with van der Waals surface area (Å²) in [4.78, 5) is 53.0. The highest BCUT2D eigenvalue weighted by molar-refractivity contribution is 6.01. The van der Waals surface area contributed by atoms with E-state index in [4.69, 9.17) is 16.9 Å². The summed E-state index contributed by atoms with van der Waals surface area (Å²) in [6.07, 6.45) is 4.14. The lowest BCUT2D eigenvalue weighted by molar-refractivity contribution is -0.141. The molecule has 2 rings (SSSR count). The lowest BCUT2D eigenvalue weighted by Crippen LogP contribution is -2.53. The van der Waals surface area contributed by atoms with Crippen molar-refractivity contribution >= 4 is 29.5 Å². The molecule has 0 saturated carbocycles. The number of ether oxygens (including phenoxy) is 1. The maximum Gasteiger partial charge on any atom is 0.408 e. The van der Waals surface area contributed by atoms with E-state index in [0.717, 1.165) is 16.0 Å². The van der Waals surface area contributed by atoms with Crippen LogP contribution in [0.15, 0.2) is 42.5 Å². The molecule has 2 atom stereocenters. The van der Waals surface area contributed by atoms with Gasteiger partial charge in [0.1, 0.15) is 24.2 Å². The number of carbonyl (C=O) groups is 4. The average molecular weight is 532 g/mol. The van der Waals surface area contributed by atoms with Crippen LogP contribution >= 0.6 is 0 Å². The first kappa shape index (κ1) is 30.4. The van der Waals surface area contributed by atoms with Gasteiger partial charge in [-0.3, -0.25) is 14.4 Å². The molecule has 0 saturated heterocycles. The molecule has 204 valence electrons. The second-order valence-electron chi connectivity index (χ2n) is 9.88. The van der Waals surface area contributed by atoms with Crippen LogP contribution in [0.1, 0.15) is 55.5 Å². The highest BCUT2D eigenvalue weighted by atomic mass is 16.6. The Labute approximate surface area is 228 Å². The molecule has 0 radical (unpaired) electrons. The van der Waals surface area contributed by atoms with Crippen LogP contribution in [0.5, 0.6) is 0 Å². The average Bonchev–Trinajstić information content (AvgIpc) is 2.84. The van der Waals surface area contributed by atoms with Crippen molar-refractivity contribution in [1.82, 2.24) is 10.2 Å². The first-order chi connectivity index (χ1) is 18.3. The minimum Gasteiger partial charge on any atom is -0.444 e. The Bertz CT molecular complexity index is 1310. The zero-order valence-electron chi connectivity index (χ0n) is 22.7. The Morgan fingerprint density at radius 2 is 1.69 bits per heavy atom. The minimum absolute atomic E-state index is 0.280. The molecule has 0 bridgehead atoms. The van der Waals surface area contributed by atoms with E-state index in [1.54, 1.807) is 45.0 Å². The summed E-state index contributed by atoms with van der Waals surface area (Å²) < 4.78 is 5.23. The van der Waals surface area contributed by atoms with E-state index in [-0.39, 0.29) is 5.56 Å². The summed E-state index contributed by atoms with van der Waals surface area (Å²) in [7, 11) is 0. The Morgan fingerprint density at radius 1 is 1.08 bits per heavy atom. The molecule has 2 aromatic carbocycles. The summed E-state index contributed by atoms with van der Waals surface area (Å²) in [6.45, 7) is 7.96. The van der Waals surface area contributed by atoms with E-state index in [9.17, 15) is 24.4 Å². The maximum atomic E-state index is 13.9. The van der Waals surface area contributed by atoms with E-state index in [1.807, 2.05) is 38.1 Å². The molecule has 2 unspecified atom stereocenters. The third-order valence-corrected chi connectivity index (χ3v) is 5.62. The van der Waals surface area contributed by atoms with Gasteiger partial charge in [0.15, 0.2) is 0 Å². The molecule has 0 aliphatic carbocycles. The molecule has 4 N–H and O–H groups in total. The Morgan fingerprint density at radius 3 is 2.23 bits per heavy atom. The highest BCUT2D eigenvalue weighted by Gasteiger charge is 2.38. The van der Waals surface area contributed by atoms with Crippen LogP contribution in [0.25, 0.3) is 0 Å². The van der Waals surface area contributed by atoms with Crippen molar-refractivity contribution in [3.8, 4) is 18.4 Å². The first-order valence-electron chi connectivity index (χ1n) is 12.2. The Kier molecular flexibility index (Phi) is 10.2. The van der Waals surface area contributed by atoms with Gasteiger partial charge in [0, 0.05) is 11.3 Å². The normalized spacial score (nSPS) is 12.2. The molecule has 10 heteroatoms. The summed E-state index contributed by atoms with van der Waals surface area (Å²) in [5, 5.41) is 14.9. The second kappa shape index (κ2) is 13.1. The van der Waals surface area contributed by atoms with Crippen molar-refractivity contribution in [3.05, 3.63) is 64.7 Å². The molecule has 0 aliphatic rings. The SMILES string of the molecule is C#Cc1ccccc1C(C(=O)Nc1c(C)cccc1C)N(CC#N)C(=O)C(CC(N)=O)NC(=O)OC(C)(C)C. The maximum absolute atomic E-state index is 13.9. The number of primary amides is 1. The number of alkyl carbamates (subject to hydrolysis) is 1. The van der Waals surface area contributed by atoms with Crippen molar-refractivity contribution in [2.75, 3.05) is 11.9 Å². The minimum atomic E-state index is -1.51. The van der Waals surface area contributed by atoms with Gasteiger partial charge in [-0.15, -0.1) is 6.42 Å². The smallest absolute Gasteiger partial charge is 0.408 e. The summed E-state index contributed by atoms with van der Waals surface area (Å²) >= 11 is 0. The van der Waals surface area contributed by atoms with Crippen LogP contribution in [-0.4, -0.2) is 46.9 Å². The Balaban J connectivity index is 2.63. The van der Waals surface area contributed by atoms with Gasteiger partial charge in [0.2, 0.25) is 11.8 Å². The first-order valence-corrected chi connectivity index (χ1v) is 12.2. The third kappa shape index (κ3) is 8.34. The predicted octanol–water partition coefficient (Wildman–Crippen LogP) is 3.09. The van der Waals surface area contributed by atoms with E-state index in [2.05, 4.69) is 16.6 Å². The fourth-order valence-electron chi connectivity index (χ4n) is 3.94. The van der Waals surface area contributed by atoms with Gasteiger partial charge < -0.3 is 26.0 Å². The number of carbonyl (C=O) groups excluding carboxylic acids is 4. The molecule has 2 aromatic rings. The van der Waals surface area contributed by atoms with Crippen molar-refractivity contribution < 1.29 is 23.9 Å². The van der Waals surface area contributed by atoms with Crippen molar-refractivity contribution in [2.24, 2.45) is 5.73 Å². The monoisotopic (exact) mass is 531 g/mol. The number of rotatable bonds is 9. The fourth-order valence-corrected chi connectivity index (χ4v) is 3.94. The summed E-state index contributed by atoms with van der Waals surface area (Å²) in [6, 6.07) is 11.0. The zero-order valence-corrected chi connectivity index (χ0v) is 22.7. The molecule has 4 amide bonds. The molecule has 0 aromatic heterocycles. The molecule has 39 heavy (non-hydrogen) atoms. The van der Waals surface area contributed by atoms with Crippen molar-refractivity contribution in [3.63, 3.8) is 0 Å². The summed E-state index contributed by atoms with van der Waals surface area (Å²) in [5.41, 5.74) is 7.17. The van der Waals surface area contributed by atoms with Gasteiger partial charge >= 0.3 is 6.09 Å². The lowest BCUT2D eigenvalue weighted by Gasteiger charge is -2.33. The van der Waals surface area contributed by atoms with Crippen LogP contribution in [0.4, 0.5) is 10.5 Å². The molecule has 0 spiro atoms. The molecule has 10 nitrogen and oxygen atoms in total. The quantitative estimate of drug-likeness (QED) is 0.334. The number of nitriles is 1. The topological polar surface area (TPSA) is 155 Å². The highest BCUT2D eigenvalue weighted by Crippen LogP contribution is 2.29. The number of nitrogens with zero attached hydrogens (tertiary/aromatic N) is 2. The van der Waals surface area contributed by atoms with E-state index in [1.165, 1.54) is 0 Å². The van der Waals surface area contributed by atoms with Crippen molar-refractivity contribution in [1.29, 1.82) is 5.26 Å². The van der Waals surface area contributed by atoms with Gasteiger partial charge in [-0.1, -0.05) is 42.3 Å². The van der Waals surface area contributed by atoms with Gasteiger partial charge in [-0.05, 0) is 57.4 Å². The molecular formula is C29H33N5O5. The Hall–Kier alpha value is -4.83. The lowest BCUT2D eigenvalue weighted by atomic mass is 9.96. The fraction of sp³-hybridized carbons (Fsp3) is 0.345. The number of para-hydroxylation sites is 1. The van der Waals surface area contributed by atoms with Gasteiger partial charge in [-0.25, -0.2) is 4.79 Å². The second-order valence-corrected chi connectivity index (χ2v) is 9.88. The number of nitrogens with one attached hydrogen (secondary N) is 2. The van der Waals surface area contributed by atoms with Crippen LogP contribution in [0, 0.1) is 37.5 Å². The molecule has 0 fully saturated rings. The van der Waals surface area contributed by atoms with Gasteiger partial charge in [0.05, 0.1) is 12.5 Å². The van der Waals surface area contributed by atoms with E-state index >= 15 is 0 Å². The predicted molar refractivity (Wildman–Crippen MR) is 146 cm³/mol. The van der Waals surface area contributed by atoms with Gasteiger partial charge in [-0.2, -0.15) is 5.26 Å². The third-order valence-electron chi connectivity index (χ3n) is 5.62. The number of hydrogen-bond donors (Lipinski definition) is 3. The number of anilines is 1. The van der Waals surface area contributed by atoms with Gasteiger partial charge in [0.25, 0.3) is 5.91 Å². The number of terminal acetylenes is 1. The zero-order chi connectivity index (χ0) is 29.3. The van der Waals surface area contributed by atoms with Crippen LogP contribution in [0.3, 0.4) is 0 Å². The number of aryl methyl sites for hydroxylation is 2. The van der Waals surface area contributed by atoms with Crippen LogP contribution in [0.2, 0.25) is 0 Å². The number of nitrogens with two attached hydrogens (primary N) is 1. The summed E-state index contributed by atoms with van der Waals surface area (Å²) in [5.74, 6) is 0.0825. The molecule has 0 aliphatic heterocycles. The van der Waals surface area contributed by atoms with Crippen LogP contribution < -0.4 is 16.4 Å². The molecular weight excluding hydrogens is 498 g/mol. The largest absolute Gasteiger partial charge is 0.444 e. The number of amides is 4. The standard InChI is InChI=1S/C29H33N5O5/c1-7-20-13-8-9-14-21(20)25(26(36)33-24-18(2)11-10-12-19(24)3)34(16-15-30)27(37)22(17-23(31)35)32-28(38)39-29(4,5)6/h1,8-14,22,25H,16-17H2,2-6H3,(H2,31,35)(H,32,38)(H,33,36). The van der Waals surface area contributed by atoms with E-state index < -0.39 is 54.5 Å². The van der Waals surface area contributed by atoms with E-state index in [0.29, 0.717) is 11.3 Å². The van der Waals surface area contributed by atoms with Crippen molar-refractivity contribution in [2.45, 2.75) is 58.7 Å². The molecule has 0 heterocycles.